The monoisotopic (exact) mass is 375 g/mol. The number of benzene rings is 2. The van der Waals surface area contributed by atoms with Gasteiger partial charge in [-0.15, -0.1) is 0 Å². The van der Waals surface area contributed by atoms with Crippen LogP contribution in [-0.2, 0) is 4.79 Å². The summed E-state index contributed by atoms with van der Waals surface area (Å²) in [7, 11) is 0. The van der Waals surface area contributed by atoms with Gasteiger partial charge >= 0.3 is 0 Å². The van der Waals surface area contributed by atoms with Crippen molar-refractivity contribution in [2.75, 3.05) is 50.8 Å². The first-order chi connectivity index (χ1) is 13.1. The molecule has 1 fully saturated rings. The van der Waals surface area contributed by atoms with Crippen LogP contribution in [0, 0.1) is 11.6 Å². The topological polar surface area (TPSA) is 44.8 Å². The first-order valence-electron chi connectivity index (χ1n) is 8.98. The Balaban J connectivity index is 1.32. The Labute approximate surface area is 157 Å². The van der Waals surface area contributed by atoms with Crippen LogP contribution in [-0.4, -0.2) is 56.7 Å². The molecule has 7 heteroatoms. The van der Waals surface area contributed by atoms with Gasteiger partial charge in [0.25, 0.3) is 5.91 Å². The van der Waals surface area contributed by atoms with Gasteiger partial charge in [-0.3, -0.25) is 9.69 Å². The summed E-state index contributed by atoms with van der Waals surface area (Å²) in [6.07, 6.45) is 0. The molecule has 2 aromatic carbocycles. The molecule has 2 aromatic rings. The summed E-state index contributed by atoms with van der Waals surface area (Å²) >= 11 is 0. The Kier molecular flexibility index (Phi) is 6.59. The van der Waals surface area contributed by atoms with E-state index in [1.54, 1.807) is 18.2 Å². The minimum atomic E-state index is -0.396. The molecule has 0 unspecified atom stereocenters. The summed E-state index contributed by atoms with van der Waals surface area (Å²) in [5.41, 5.74) is 1.03. The van der Waals surface area contributed by atoms with E-state index in [4.69, 9.17) is 4.74 Å². The van der Waals surface area contributed by atoms with Crippen molar-refractivity contribution in [3.63, 3.8) is 0 Å². The summed E-state index contributed by atoms with van der Waals surface area (Å²) in [6.45, 7) is 4.64. The van der Waals surface area contributed by atoms with E-state index < -0.39 is 5.82 Å². The van der Waals surface area contributed by atoms with E-state index in [9.17, 15) is 13.6 Å². The average Bonchev–Trinajstić information content (AvgIpc) is 2.68. The Morgan fingerprint density at radius 1 is 1.00 bits per heavy atom. The first-order valence-corrected chi connectivity index (χ1v) is 8.98. The van der Waals surface area contributed by atoms with Crippen molar-refractivity contribution in [3.8, 4) is 5.75 Å². The molecule has 0 aromatic heterocycles. The molecular weight excluding hydrogens is 352 g/mol. The third-order valence-electron chi connectivity index (χ3n) is 4.48. The zero-order chi connectivity index (χ0) is 19.1. The molecule has 1 heterocycles. The second-order valence-corrected chi connectivity index (χ2v) is 6.40. The first kappa shape index (κ1) is 19.1. The number of carbonyl (C=O) groups is 1. The highest BCUT2D eigenvalue weighted by atomic mass is 19.1. The number of carbonyl (C=O) groups excluding carboxylic acids is 1. The maximum atomic E-state index is 13.0. The van der Waals surface area contributed by atoms with Crippen molar-refractivity contribution in [2.45, 2.75) is 0 Å². The van der Waals surface area contributed by atoms with Crippen LogP contribution in [0.1, 0.15) is 0 Å². The van der Waals surface area contributed by atoms with Crippen LogP contribution in [0.25, 0.3) is 0 Å². The highest BCUT2D eigenvalue weighted by molar-refractivity contribution is 5.77. The van der Waals surface area contributed by atoms with Crippen molar-refractivity contribution in [1.82, 2.24) is 10.2 Å². The Morgan fingerprint density at radius 3 is 2.44 bits per heavy atom. The van der Waals surface area contributed by atoms with Gasteiger partial charge in [0.05, 0.1) is 0 Å². The molecule has 1 saturated heterocycles. The number of ether oxygens (including phenoxy) is 1. The molecule has 144 valence electrons. The van der Waals surface area contributed by atoms with E-state index in [1.807, 2.05) is 0 Å². The number of nitrogens with one attached hydrogen (secondary N) is 1. The summed E-state index contributed by atoms with van der Waals surface area (Å²) < 4.78 is 31.3. The van der Waals surface area contributed by atoms with Crippen molar-refractivity contribution < 1.29 is 18.3 Å². The maximum absolute atomic E-state index is 13.0. The molecule has 1 aliphatic heterocycles. The standard InChI is InChI=1S/C20H23F2N3O2/c21-16-4-6-18(7-5-16)25-12-10-24(11-13-25)9-8-23-20(26)15-27-19-3-1-2-17(22)14-19/h1-7,14H,8-13,15H2,(H,23,26). The molecule has 0 aliphatic carbocycles. The fraction of sp³-hybridized carbons (Fsp3) is 0.350. The van der Waals surface area contributed by atoms with Gasteiger partial charge in [-0.25, -0.2) is 8.78 Å². The van der Waals surface area contributed by atoms with Crippen molar-refractivity contribution in [2.24, 2.45) is 0 Å². The third-order valence-corrected chi connectivity index (χ3v) is 4.48. The van der Waals surface area contributed by atoms with Gasteiger partial charge in [0.15, 0.2) is 6.61 Å². The molecule has 1 amide bonds. The quantitative estimate of drug-likeness (QED) is 0.807. The number of piperazine rings is 1. The molecule has 0 saturated carbocycles. The average molecular weight is 375 g/mol. The van der Waals surface area contributed by atoms with Crippen LogP contribution in [0.2, 0.25) is 0 Å². The number of hydrogen-bond acceptors (Lipinski definition) is 4. The minimum absolute atomic E-state index is 0.137. The number of nitrogens with zero attached hydrogens (tertiary/aromatic N) is 2. The lowest BCUT2D eigenvalue weighted by atomic mass is 10.2. The van der Waals surface area contributed by atoms with Gasteiger partial charge in [0.1, 0.15) is 17.4 Å². The lowest BCUT2D eigenvalue weighted by Gasteiger charge is -2.36. The fourth-order valence-corrected chi connectivity index (χ4v) is 2.99. The predicted octanol–water partition coefficient (Wildman–Crippen LogP) is 2.28. The summed E-state index contributed by atoms with van der Waals surface area (Å²) in [5, 5.41) is 2.81. The molecule has 1 aliphatic rings. The number of hydrogen-bond donors (Lipinski definition) is 1. The Bertz CT molecular complexity index is 747. The van der Waals surface area contributed by atoms with Crippen LogP contribution in [0.4, 0.5) is 14.5 Å². The Morgan fingerprint density at radius 2 is 1.74 bits per heavy atom. The molecule has 0 atom stereocenters. The second kappa shape index (κ2) is 9.32. The number of halogens is 2. The SMILES string of the molecule is O=C(COc1cccc(F)c1)NCCN1CCN(c2ccc(F)cc2)CC1. The molecule has 0 radical (unpaired) electrons. The van der Waals surface area contributed by atoms with Crippen molar-refractivity contribution in [3.05, 3.63) is 60.2 Å². The molecule has 1 N–H and O–H groups in total. The van der Waals surface area contributed by atoms with E-state index in [0.29, 0.717) is 12.3 Å². The van der Waals surface area contributed by atoms with E-state index in [-0.39, 0.29) is 18.3 Å². The van der Waals surface area contributed by atoms with Crippen LogP contribution in [0.15, 0.2) is 48.5 Å². The van der Waals surface area contributed by atoms with Gasteiger partial charge < -0.3 is 15.0 Å². The van der Waals surface area contributed by atoms with Crippen LogP contribution >= 0.6 is 0 Å². The van der Waals surface area contributed by atoms with Crippen molar-refractivity contribution >= 4 is 11.6 Å². The fourth-order valence-electron chi connectivity index (χ4n) is 2.99. The lowest BCUT2D eigenvalue weighted by molar-refractivity contribution is -0.123. The number of anilines is 1. The third kappa shape index (κ3) is 5.92. The van der Waals surface area contributed by atoms with Crippen LogP contribution < -0.4 is 15.0 Å². The number of rotatable bonds is 7. The minimum Gasteiger partial charge on any atom is -0.484 e. The smallest absolute Gasteiger partial charge is 0.257 e. The van der Waals surface area contributed by atoms with E-state index in [2.05, 4.69) is 15.1 Å². The summed E-state index contributed by atoms with van der Waals surface area (Å²) in [6, 6.07) is 12.3. The molecule has 0 spiro atoms. The Hall–Kier alpha value is -2.67. The zero-order valence-electron chi connectivity index (χ0n) is 15.0. The normalized spacial score (nSPS) is 14.8. The molecule has 27 heavy (non-hydrogen) atoms. The highest BCUT2D eigenvalue weighted by Gasteiger charge is 2.17. The van der Waals surface area contributed by atoms with Gasteiger partial charge in [-0.1, -0.05) is 6.07 Å². The number of amides is 1. The second-order valence-electron chi connectivity index (χ2n) is 6.40. The van der Waals surface area contributed by atoms with Crippen molar-refractivity contribution in [1.29, 1.82) is 0 Å². The summed E-state index contributed by atoms with van der Waals surface area (Å²) in [5.74, 6) is -0.520. The molecule has 5 nitrogen and oxygen atoms in total. The molecular formula is C20H23F2N3O2. The van der Waals surface area contributed by atoms with Gasteiger partial charge in [-0.2, -0.15) is 0 Å². The lowest BCUT2D eigenvalue weighted by Crippen LogP contribution is -2.48. The van der Waals surface area contributed by atoms with Gasteiger partial charge in [0, 0.05) is 51.0 Å². The van der Waals surface area contributed by atoms with E-state index in [1.165, 1.54) is 30.3 Å². The maximum Gasteiger partial charge on any atom is 0.257 e. The van der Waals surface area contributed by atoms with E-state index in [0.717, 1.165) is 38.4 Å². The largest absolute Gasteiger partial charge is 0.484 e. The van der Waals surface area contributed by atoms with Gasteiger partial charge in [-0.05, 0) is 36.4 Å². The van der Waals surface area contributed by atoms with Crippen LogP contribution in [0.5, 0.6) is 5.75 Å². The van der Waals surface area contributed by atoms with E-state index >= 15 is 0 Å². The zero-order valence-corrected chi connectivity index (χ0v) is 15.0. The highest BCUT2D eigenvalue weighted by Crippen LogP contribution is 2.16. The summed E-state index contributed by atoms with van der Waals surface area (Å²) in [4.78, 5) is 16.3. The molecule has 0 bridgehead atoms. The molecule has 3 rings (SSSR count). The predicted molar refractivity (Wildman–Crippen MR) is 100.0 cm³/mol. The van der Waals surface area contributed by atoms with Gasteiger partial charge in [0.2, 0.25) is 0 Å². The van der Waals surface area contributed by atoms with Crippen LogP contribution in [0.3, 0.4) is 0 Å².